The highest BCUT2D eigenvalue weighted by molar-refractivity contribution is 9.10. The third-order valence-corrected chi connectivity index (χ3v) is 5.63. The van der Waals surface area contributed by atoms with Crippen LogP contribution in [0.5, 0.6) is 0 Å². The minimum atomic E-state index is -3.53. The Hall–Kier alpha value is -0.890. The fourth-order valence-electron chi connectivity index (χ4n) is 1.52. The summed E-state index contributed by atoms with van der Waals surface area (Å²) in [6, 6.07) is 8.46. The molecule has 1 heterocycles. The second-order valence-corrected chi connectivity index (χ2v) is 8.01. The van der Waals surface area contributed by atoms with E-state index in [9.17, 15) is 8.42 Å². The van der Waals surface area contributed by atoms with Crippen LogP contribution in [0.2, 0.25) is 0 Å². The molecule has 0 bridgehead atoms. The van der Waals surface area contributed by atoms with Crippen LogP contribution < -0.4 is 10.5 Å². The second kappa shape index (κ2) is 5.62. The van der Waals surface area contributed by atoms with E-state index in [2.05, 4.69) is 20.7 Å². The quantitative estimate of drug-likeness (QED) is 0.823. The van der Waals surface area contributed by atoms with Crippen LogP contribution in [0.1, 0.15) is 9.75 Å². The largest absolute Gasteiger partial charge is 0.398 e. The first-order valence-corrected chi connectivity index (χ1v) is 8.58. The molecule has 0 saturated heterocycles. The lowest BCUT2D eigenvalue weighted by Gasteiger charge is -2.07. The van der Waals surface area contributed by atoms with Crippen LogP contribution in [0.3, 0.4) is 0 Å². The Morgan fingerprint density at radius 1 is 1.32 bits per heavy atom. The summed E-state index contributed by atoms with van der Waals surface area (Å²) in [6.07, 6.45) is 0. The van der Waals surface area contributed by atoms with Gasteiger partial charge in [-0.3, -0.25) is 0 Å². The van der Waals surface area contributed by atoms with E-state index >= 15 is 0 Å². The van der Waals surface area contributed by atoms with E-state index in [-0.39, 0.29) is 11.4 Å². The van der Waals surface area contributed by atoms with Crippen LogP contribution in [0.4, 0.5) is 5.69 Å². The minimum absolute atomic E-state index is 0.168. The SMILES string of the molecule is Cc1ccc(CNS(=O)(=O)c2ccc(Br)c(N)c2)s1. The molecule has 0 fully saturated rings. The zero-order valence-corrected chi connectivity index (χ0v) is 13.4. The zero-order valence-electron chi connectivity index (χ0n) is 10.2. The van der Waals surface area contributed by atoms with Crippen LogP contribution >= 0.6 is 27.3 Å². The molecule has 0 aliphatic heterocycles. The molecule has 102 valence electrons. The van der Waals surface area contributed by atoms with Gasteiger partial charge >= 0.3 is 0 Å². The molecule has 3 N–H and O–H groups in total. The summed E-state index contributed by atoms with van der Waals surface area (Å²) >= 11 is 4.81. The Kier molecular flexibility index (Phi) is 4.29. The molecule has 7 heteroatoms. The van der Waals surface area contributed by atoms with E-state index < -0.39 is 10.0 Å². The van der Waals surface area contributed by atoms with Crippen molar-refractivity contribution >= 4 is 43.0 Å². The van der Waals surface area contributed by atoms with Crippen molar-refractivity contribution < 1.29 is 8.42 Å². The summed E-state index contributed by atoms with van der Waals surface area (Å²) in [5, 5.41) is 0. The molecular weight excluding hydrogens is 348 g/mol. The van der Waals surface area contributed by atoms with Gasteiger partial charge in [0.15, 0.2) is 0 Å². The molecule has 0 unspecified atom stereocenters. The molecule has 2 aromatic rings. The zero-order chi connectivity index (χ0) is 14.0. The van der Waals surface area contributed by atoms with Crippen molar-refractivity contribution in [3.05, 3.63) is 44.6 Å². The summed E-state index contributed by atoms with van der Waals surface area (Å²) in [5.74, 6) is 0. The average Bonchev–Trinajstić information content (AvgIpc) is 2.76. The lowest BCUT2D eigenvalue weighted by atomic mass is 10.3. The maximum absolute atomic E-state index is 12.1. The average molecular weight is 361 g/mol. The highest BCUT2D eigenvalue weighted by Gasteiger charge is 2.15. The van der Waals surface area contributed by atoms with Gasteiger partial charge in [-0.15, -0.1) is 11.3 Å². The van der Waals surface area contributed by atoms with Crippen molar-refractivity contribution in [1.82, 2.24) is 4.72 Å². The smallest absolute Gasteiger partial charge is 0.240 e. The van der Waals surface area contributed by atoms with E-state index in [0.717, 1.165) is 9.75 Å². The van der Waals surface area contributed by atoms with Crippen LogP contribution in [0, 0.1) is 6.92 Å². The van der Waals surface area contributed by atoms with Gasteiger partial charge in [0.2, 0.25) is 10.0 Å². The normalized spacial score (nSPS) is 11.7. The van der Waals surface area contributed by atoms with E-state index in [4.69, 9.17) is 5.73 Å². The molecule has 0 aliphatic rings. The molecule has 0 amide bonds. The number of hydrogen-bond acceptors (Lipinski definition) is 4. The third-order valence-electron chi connectivity index (χ3n) is 2.51. The van der Waals surface area contributed by atoms with Gasteiger partial charge < -0.3 is 5.73 Å². The van der Waals surface area contributed by atoms with Gasteiger partial charge in [0.05, 0.1) is 4.90 Å². The van der Waals surface area contributed by atoms with Crippen molar-refractivity contribution in [2.24, 2.45) is 0 Å². The fraction of sp³-hybridized carbons (Fsp3) is 0.167. The summed E-state index contributed by atoms with van der Waals surface area (Å²) < 4.78 is 27.4. The minimum Gasteiger partial charge on any atom is -0.398 e. The second-order valence-electron chi connectivity index (χ2n) is 4.02. The van der Waals surface area contributed by atoms with Gasteiger partial charge in [0.25, 0.3) is 0 Å². The summed E-state index contributed by atoms with van der Waals surface area (Å²) in [5.41, 5.74) is 6.09. The molecular formula is C12H13BrN2O2S2. The Labute approximate surface area is 124 Å². The number of nitrogen functional groups attached to an aromatic ring is 1. The van der Waals surface area contributed by atoms with Gasteiger partial charge in [0.1, 0.15) is 0 Å². The Balaban J connectivity index is 2.16. The van der Waals surface area contributed by atoms with Crippen LogP contribution in [0.25, 0.3) is 0 Å². The molecule has 1 aromatic carbocycles. The molecule has 19 heavy (non-hydrogen) atoms. The van der Waals surface area contributed by atoms with Crippen molar-refractivity contribution in [3.8, 4) is 0 Å². The molecule has 2 rings (SSSR count). The van der Waals surface area contributed by atoms with E-state index in [1.54, 1.807) is 17.4 Å². The van der Waals surface area contributed by atoms with Gasteiger partial charge in [-0.05, 0) is 53.2 Å². The first-order valence-electron chi connectivity index (χ1n) is 5.48. The van der Waals surface area contributed by atoms with E-state index in [1.165, 1.54) is 12.1 Å². The predicted octanol–water partition coefficient (Wildman–Crippen LogP) is 2.88. The highest BCUT2D eigenvalue weighted by atomic mass is 79.9. The first-order chi connectivity index (χ1) is 8.88. The first kappa shape index (κ1) is 14.5. The summed E-state index contributed by atoms with van der Waals surface area (Å²) in [4.78, 5) is 2.30. The Morgan fingerprint density at radius 2 is 2.05 bits per heavy atom. The molecule has 0 atom stereocenters. The van der Waals surface area contributed by atoms with Crippen molar-refractivity contribution in [3.63, 3.8) is 0 Å². The number of nitrogens with two attached hydrogens (primary N) is 1. The number of nitrogens with one attached hydrogen (secondary N) is 1. The number of rotatable bonds is 4. The lowest BCUT2D eigenvalue weighted by molar-refractivity contribution is 0.582. The summed E-state index contributed by atoms with van der Waals surface area (Å²) in [6.45, 7) is 2.27. The van der Waals surface area contributed by atoms with Gasteiger partial charge in [-0.25, -0.2) is 13.1 Å². The highest BCUT2D eigenvalue weighted by Crippen LogP contribution is 2.23. The Morgan fingerprint density at radius 3 is 2.63 bits per heavy atom. The van der Waals surface area contributed by atoms with Crippen molar-refractivity contribution in [2.75, 3.05) is 5.73 Å². The number of hydrogen-bond donors (Lipinski definition) is 2. The van der Waals surface area contributed by atoms with Crippen molar-refractivity contribution in [1.29, 1.82) is 0 Å². The van der Waals surface area contributed by atoms with Gasteiger partial charge in [-0.1, -0.05) is 0 Å². The molecule has 0 spiro atoms. The molecule has 0 aliphatic carbocycles. The number of aryl methyl sites for hydroxylation is 1. The maximum Gasteiger partial charge on any atom is 0.240 e. The molecule has 0 radical (unpaired) electrons. The fourth-order valence-corrected chi connectivity index (χ4v) is 3.73. The Bertz CT molecular complexity index is 696. The lowest BCUT2D eigenvalue weighted by Crippen LogP contribution is -2.22. The predicted molar refractivity (Wildman–Crippen MR) is 81.6 cm³/mol. The standard InChI is InChI=1S/C12H13BrN2O2S2/c1-8-2-3-9(18-8)7-15-19(16,17)10-4-5-11(13)12(14)6-10/h2-6,15H,7,14H2,1H3. The van der Waals surface area contributed by atoms with Crippen LogP contribution in [-0.2, 0) is 16.6 Å². The van der Waals surface area contributed by atoms with Crippen molar-refractivity contribution in [2.45, 2.75) is 18.4 Å². The van der Waals surface area contributed by atoms with E-state index in [1.807, 2.05) is 19.1 Å². The maximum atomic E-state index is 12.1. The summed E-state index contributed by atoms with van der Waals surface area (Å²) in [7, 11) is -3.53. The topological polar surface area (TPSA) is 72.2 Å². The number of thiophene rings is 1. The number of anilines is 1. The number of benzene rings is 1. The van der Waals surface area contributed by atoms with Crippen LogP contribution in [-0.4, -0.2) is 8.42 Å². The van der Waals surface area contributed by atoms with Gasteiger partial charge in [0, 0.05) is 26.5 Å². The third kappa shape index (κ3) is 3.56. The van der Waals surface area contributed by atoms with Gasteiger partial charge in [-0.2, -0.15) is 0 Å². The van der Waals surface area contributed by atoms with Crippen LogP contribution in [0.15, 0.2) is 39.7 Å². The number of halogens is 1. The molecule has 4 nitrogen and oxygen atoms in total. The monoisotopic (exact) mass is 360 g/mol. The molecule has 0 saturated carbocycles. The number of sulfonamides is 1. The van der Waals surface area contributed by atoms with E-state index in [0.29, 0.717) is 10.2 Å². The molecule has 1 aromatic heterocycles.